The molecule has 2 nitrogen and oxygen atoms in total. The monoisotopic (exact) mass is 219 g/mol. The average molecular weight is 219 g/mol. The van der Waals surface area contributed by atoms with Gasteiger partial charge in [0, 0.05) is 6.04 Å². The van der Waals surface area contributed by atoms with E-state index in [1.807, 2.05) is 30.3 Å². The van der Waals surface area contributed by atoms with Crippen LogP contribution in [0.3, 0.4) is 0 Å². The molecule has 2 heteroatoms. The van der Waals surface area contributed by atoms with Crippen LogP contribution in [0.1, 0.15) is 25.7 Å². The van der Waals surface area contributed by atoms with Crippen LogP contribution in [0.5, 0.6) is 5.75 Å². The fourth-order valence-electron chi connectivity index (χ4n) is 2.37. The van der Waals surface area contributed by atoms with Crippen LogP contribution < -0.4 is 4.74 Å². The quantitative estimate of drug-likeness (QED) is 0.775. The molecule has 16 heavy (non-hydrogen) atoms. The van der Waals surface area contributed by atoms with E-state index in [2.05, 4.69) is 19.0 Å². The minimum atomic E-state index is 0.415. The van der Waals surface area contributed by atoms with Gasteiger partial charge in [0.2, 0.25) is 0 Å². The van der Waals surface area contributed by atoms with Crippen molar-refractivity contribution in [3.63, 3.8) is 0 Å². The highest BCUT2D eigenvalue weighted by Gasteiger charge is 2.23. The fraction of sp³-hybridized carbons (Fsp3) is 0.571. The molecule has 1 fully saturated rings. The zero-order valence-electron chi connectivity index (χ0n) is 10.2. The summed E-state index contributed by atoms with van der Waals surface area (Å²) in [6.45, 7) is 0. The Bertz CT molecular complexity index is 302. The van der Waals surface area contributed by atoms with Gasteiger partial charge in [0.25, 0.3) is 0 Å². The van der Waals surface area contributed by atoms with E-state index in [0.717, 1.165) is 11.8 Å². The van der Waals surface area contributed by atoms with Crippen molar-refractivity contribution in [2.24, 2.45) is 0 Å². The van der Waals surface area contributed by atoms with Gasteiger partial charge in [0.1, 0.15) is 5.75 Å². The lowest BCUT2D eigenvalue weighted by Crippen LogP contribution is -2.35. The SMILES string of the molecule is CN(C)C1CCC(Oc2ccccc2)CC1. The fourth-order valence-corrected chi connectivity index (χ4v) is 2.37. The highest BCUT2D eigenvalue weighted by molar-refractivity contribution is 5.21. The molecular formula is C14H21NO. The Labute approximate surface area is 98.2 Å². The molecule has 0 radical (unpaired) electrons. The molecule has 1 aromatic carbocycles. The van der Waals surface area contributed by atoms with Gasteiger partial charge in [0.05, 0.1) is 6.10 Å². The maximum atomic E-state index is 5.96. The molecule has 1 aliphatic carbocycles. The van der Waals surface area contributed by atoms with Gasteiger partial charge in [-0.1, -0.05) is 18.2 Å². The second-order valence-electron chi connectivity index (χ2n) is 4.83. The largest absolute Gasteiger partial charge is 0.490 e. The Hall–Kier alpha value is -1.02. The molecule has 0 unspecified atom stereocenters. The number of para-hydroxylation sites is 1. The molecule has 1 aliphatic rings. The second kappa shape index (κ2) is 5.35. The van der Waals surface area contributed by atoms with Crippen LogP contribution in [0.25, 0.3) is 0 Å². The molecule has 2 rings (SSSR count). The van der Waals surface area contributed by atoms with Crippen LogP contribution in [0.4, 0.5) is 0 Å². The first kappa shape index (κ1) is 11.5. The zero-order valence-corrected chi connectivity index (χ0v) is 10.2. The number of ether oxygens (including phenoxy) is 1. The molecule has 88 valence electrons. The van der Waals surface area contributed by atoms with Crippen molar-refractivity contribution >= 4 is 0 Å². The van der Waals surface area contributed by atoms with Crippen molar-refractivity contribution in [3.05, 3.63) is 30.3 Å². The van der Waals surface area contributed by atoms with Gasteiger partial charge >= 0.3 is 0 Å². The van der Waals surface area contributed by atoms with Crippen molar-refractivity contribution in [2.75, 3.05) is 14.1 Å². The molecule has 1 aromatic rings. The van der Waals surface area contributed by atoms with Crippen LogP contribution >= 0.6 is 0 Å². The Kier molecular flexibility index (Phi) is 3.83. The molecule has 0 aromatic heterocycles. The smallest absolute Gasteiger partial charge is 0.119 e. The van der Waals surface area contributed by atoms with Gasteiger partial charge in [-0.25, -0.2) is 0 Å². The summed E-state index contributed by atoms with van der Waals surface area (Å²) in [5.41, 5.74) is 0. The summed E-state index contributed by atoms with van der Waals surface area (Å²) >= 11 is 0. The Morgan fingerprint density at radius 1 is 1.00 bits per heavy atom. The molecule has 0 N–H and O–H groups in total. The number of nitrogens with zero attached hydrogens (tertiary/aromatic N) is 1. The molecule has 0 aliphatic heterocycles. The number of hydrogen-bond acceptors (Lipinski definition) is 2. The van der Waals surface area contributed by atoms with Crippen molar-refractivity contribution in [2.45, 2.75) is 37.8 Å². The predicted octanol–water partition coefficient (Wildman–Crippen LogP) is 2.94. The lowest BCUT2D eigenvalue weighted by atomic mass is 9.92. The predicted molar refractivity (Wildman–Crippen MR) is 66.8 cm³/mol. The zero-order chi connectivity index (χ0) is 11.4. The standard InChI is InChI=1S/C14H21NO/c1-15(2)12-8-10-14(11-9-12)16-13-6-4-3-5-7-13/h3-7,12,14H,8-11H2,1-2H3. The van der Waals surface area contributed by atoms with E-state index < -0.39 is 0 Å². The molecule has 0 saturated heterocycles. The van der Waals surface area contributed by atoms with Gasteiger partial charge < -0.3 is 9.64 Å². The maximum absolute atomic E-state index is 5.96. The van der Waals surface area contributed by atoms with Gasteiger partial charge in [-0.3, -0.25) is 0 Å². The molecule has 0 bridgehead atoms. The third kappa shape index (κ3) is 2.99. The summed E-state index contributed by atoms with van der Waals surface area (Å²) in [5.74, 6) is 1.01. The summed E-state index contributed by atoms with van der Waals surface area (Å²) < 4.78 is 5.96. The van der Waals surface area contributed by atoms with Gasteiger partial charge in [-0.2, -0.15) is 0 Å². The number of hydrogen-bond donors (Lipinski definition) is 0. The normalized spacial score (nSPS) is 25.7. The van der Waals surface area contributed by atoms with E-state index >= 15 is 0 Å². The molecular weight excluding hydrogens is 198 g/mol. The van der Waals surface area contributed by atoms with E-state index in [-0.39, 0.29) is 0 Å². The summed E-state index contributed by atoms with van der Waals surface area (Å²) in [6.07, 6.45) is 5.28. The molecule has 0 heterocycles. The van der Waals surface area contributed by atoms with Gasteiger partial charge in [-0.15, -0.1) is 0 Å². The molecule has 0 amide bonds. The lowest BCUT2D eigenvalue weighted by molar-refractivity contribution is 0.111. The third-order valence-electron chi connectivity index (χ3n) is 3.42. The van der Waals surface area contributed by atoms with E-state index in [4.69, 9.17) is 4.74 Å². The summed E-state index contributed by atoms with van der Waals surface area (Å²) in [6, 6.07) is 10.9. The van der Waals surface area contributed by atoms with Gasteiger partial charge in [0.15, 0.2) is 0 Å². The van der Waals surface area contributed by atoms with E-state index in [1.165, 1.54) is 25.7 Å². The minimum Gasteiger partial charge on any atom is -0.490 e. The third-order valence-corrected chi connectivity index (χ3v) is 3.42. The highest BCUT2D eigenvalue weighted by atomic mass is 16.5. The molecule has 0 atom stereocenters. The topological polar surface area (TPSA) is 12.5 Å². The lowest BCUT2D eigenvalue weighted by Gasteiger charge is -2.32. The number of benzene rings is 1. The summed E-state index contributed by atoms with van der Waals surface area (Å²) in [5, 5.41) is 0. The highest BCUT2D eigenvalue weighted by Crippen LogP contribution is 2.25. The van der Waals surface area contributed by atoms with Gasteiger partial charge in [-0.05, 0) is 51.9 Å². The van der Waals surface area contributed by atoms with Crippen LogP contribution in [0.2, 0.25) is 0 Å². The number of rotatable bonds is 3. The molecule has 0 spiro atoms. The molecule has 1 saturated carbocycles. The first-order valence-electron chi connectivity index (χ1n) is 6.14. The van der Waals surface area contributed by atoms with Crippen LogP contribution in [0, 0.1) is 0 Å². The minimum absolute atomic E-state index is 0.415. The van der Waals surface area contributed by atoms with Crippen molar-refractivity contribution in [1.29, 1.82) is 0 Å². The van der Waals surface area contributed by atoms with Crippen LogP contribution in [-0.2, 0) is 0 Å². The van der Waals surface area contributed by atoms with Crippen LogP contribution in [-0.4, -0.2) is 31.1 Å². The van der Waals surface area contributed by atoms with Crippen molar-refractivity contribution < 1.29 is 4.74 Å². The van der Waals surface area contributed by atoms with E-state index in [0.29, 0.717) is 6.10 Å². The van der Waals surface area contributed by atoms with Crippen molar-refractivity contribution in [1.82, 2.24) is 4.90 Å². The second-order valence-corrected chi connectivity index (χ2v) is 4.83. The van der Waals surface area contributed by atoms with Crippen molar-refractivity contribution in [3.8, 4) is 5.75 Å². The maximum Gasteiger partial charge on any atom is 0.119 e. The first-order chi connectivity index (χ1) is 7.75. The summed E-state index contributed by atoms with van der Waals surface area (Å²) in [7, 11) is 4.34. The Balaban J connectivity index is 1.82. The Morgan fingerprint density at radius 2 is 1.62 bits per heavy atom. The average Bonchev–Trinajstić information content (AvgIpc) is 2.31. The van der Waals surface area contributed by atoms with Crippen LogP contribution in [0.15, 0.2) is 30.3 Å². The summed E-state index contributed by atoms with van der Waals surface area (Å²) in [4.78, 5) is 2.33. The van der Waals surface area contributed by atoms with E-state index in [1.54, 1.807) is 0 Å². The van der Waals surface area contributed by atoms with E-state index in [9.17, 15) is 0 Å². The first-order valence-corrected chi connectivity index (χ1v) is 6.14. The Morgan fingerprint density at radius 3 is 2.19 bits per heavy atom.